The van der Waals surface area contributed by atoms with Crippen LogP contribution in [0.3, 0.4) is 0 Å². The molecule has 0 aliphatic carbocycles. The topological polar surface area (TPSA) is 76.8 Å². The molecule has 0 unspecified atom stereocenters. The molecule has 6 nitrogen and oxygen atoms in total. The van der Waals surface area contributed by atoms with Gasteiger partial charge < -0.3 is 14.2 Å². The molecule has 0 aromatic carbocycles. The fourth-order valence-electron chi connectivity index (χ4n) is 3.19. The first-order valence-electron chi connectivity index (χ1n) is 8.01. The van der Waals surface area contributed by atoms with Gasteiger partial charge in [0.05, 0.1) is 35.3 Å². The number of nitrogens with zero attached hydrogens (tertiary/aromatic N) is 3. The molecule has 25 heavy (non-hydrogen) atoms. The number of aromatic nitrogens is 4. The third kappa shape index (κ3) is 2.46. The second kappa shape index (κ2) is 5.73. The van der Waals surface area contributed by atoms with Crippen molar-refractivity contribution < 1.29 is 9.26 Å². The number of pyridine rings is 2. The van der Waals surface area contributed by atoms with E-state index in [0.29, 0.717) is 5.88 Å². The number of nitrogens with one attached hydrogen (secondary N) is 1. The predicted octanol–water partition coefficient (Wildman–Crippen LogP) is 4.21. The van der Waals surface area contributed by atoms with Gasteiger partial charge in [0.2, 0.25) is 5.88 Å². The lowest BCUT2D eigenvalue weighted by Crippen LogP contribution is -1.95. The van der Waals surface area contributed by atoms with E-state index in [1.807, 2.05) is 39.0 Å². The molecule has 1 N–H and O–H groups in total. The summed E-state index contributed by atoms with van der Waals surface area (Å²) in [6, 6.07) is 7.96. The van der Waals surface area contributed by atoms with Crippen LogP contribution in [0, 0.1) is 20.8 Å². The highest BCUT2D eigenvalue weighted by Gasteiger charge is 2.19. The molecule has 4 heterocycles. The van der Waals surface area contributed by atoms with E-state index in [1.54, 1.807) is 13.3 Å². The van der Waals surface area contributed by atoms with Crippen molar-refractivity contribution in [1.29, 1.82) is 0 Å². The highest BCUT2D eigenvalue weighted by atomic mass is 16.5. The van der Waals surface area contributed by atoms with Gasteiger partial charge in [0.1, 0.15) is 5.76 Å². The van der Waals surface area contributed by atoms with E-state index in [1.165, 1.54) is 0 Å². The summed E-state index contributed by atoms with van der Waals surface area (Å²) in [6.45, 7) is 5.84. The maximum atomic E-state index is 5.44. The average molecular weight is 334 g/mol. The molecule has 4 aromatic rings. The third-order valence-corrected chi connectivity index (χ3v) is 4.26. The second-order valence-corrected chi connectivity index (χ2v) is 6.03. The van der Waals surface area contributed by atoms with E-state index in [9.17, 15) is 0 Å². The number of hydrogen-bond donors (Lipinski definition) is 1. The summed E-state index contributed by atoms with van der Waals surface area (Å²) in [5.41, 5.74) is 6.28. The van der Waals surface area contributed by atoms with Gasteiger partial charge in [-0.3, -0.25) is 0 Å². The summed E-state index contributed by atoms with van der Waals surface area (Å²) in [5.74, 6) is 1.29. The van der Waals surface area contributed by atoms with Crippen molar-refractivity contribution in [1.82, 2.24) is 20.1 Å². The summed E-state index contributed by atoms with van der Waals surface area (Å²) < 4.78 is 10.8. The molecule has 0 aliphatic heterocycles. The zero-order chi connectivity index (χ0) is 17.6. The van der Waals surface area contributed by atoms with E-state index in [-0.39, 0.29) is 0 Å². The summed E-state index contributed by atoms with van der Waals surface area (Å²) in [7, 11) is 1.61. The SMILES string of the molecule is COc1ncccc1-c1nc(-c2c(C)noc2C)cc2[nH]c(C)cc12. The minimum absolute atomic E-state index is 0.547. The number of methoxy groups -OCH3 is 1. The average Bonchev–Trinajstić information content (AvgIpc) is 3.15. The highest BCUT2D eigenvalue weighted by molar-refractivity contribution is 5.97. The molecule has 126 valence electrons. The van der Waals surface area contributed by atoms with Gasteiger partial charge in [0.15, 0.2) is 0 Å². The Bertz CT molecular complexity index is 1060. The van der Waals surface area contributed by atoms with Gasteiger partial charge in [0, 0.05) is 22.8 Å². The fraction of sp³-hybridized carbons (Fsp3) is 0.211. The van der Waals surface area contributed by atoms with Gasteiger partial charge in [-0.2, -0.15) is 0 Å². The Balaban J connectivity index is 2.06. The molecule has 0 fully saturated rings. The molecule has 0 aliphatic rings. The van der Waals surface area contributed by atoms with Crippen LogP contribution >= 0.6 is 0 Å². The fourth-order valence-corrected chi connectivity index (χ4v) is 3.19. The summed E-state index contributed by atoms with van der Waals surface area (Å²) in [4.78, 5) is 12.6. The number of rotatable bonds is 3. The monoisotopic (exact) mass is 334 g/mol. The van der Waals surface area contributed by atoms with Crippen LogP contribution in [-0.4, -0.2) is 27.2 Å². The molecular formula is C19H18N4O2. The summed E-state index contributed by atoms with van der Waals surface area (Å²) in [6.07, 6.45) is 1.71. The van der Waals surface area contributed by atoms with Crippen LogP contribution in [0.25, 0.3) is 33.4 Å². The van der Waals surface area contributed by atoms with E-state index in [4.69, 9.17) is 14.2 Å². The maximum Gasteiger partial charge on any atom is 0.222 e. The quantitative estimate of drug-likeness (QED) is 0.607. The number of fused-ring (bicyclic) bond motifs is 1. The highest BCUT2D eigenvalue weighted by Crippen LogP contribution is 2.36. The Labute approximate surface area is 144 Å². The maximum absolute atomic E-state index is 5.44. The van der Waals surface area contributed by atoms with Crippen molar-refractivity contribution in [2.24, 2.45) is 0 Å². The van der Waals surface area contributed by atoms with Crippen LogP contribution in [0.5, 0.6) is 5.88 Å². The van der Waals surface area contributed by atoms with Gasteiger partial charge in [-0.1, -0.05) is 5.16 Å². The molecule has 0 atom stereocenters. The number of aryl methyl sites for hydroxylation is 3. The van der Waals surface area contributed by atoms with Crippen molar-refractivity contribution in [2.75, 3.05) is 7.11 Å². The lowest BCUT2D eigenvalue weighted by molar-refractivity contribution is 0.393. The van der Waals surface area contributed by atoms with Crippen LogP contribution in [0.1, 0.15) is 17.1 Å². The Morgan fingerprint density at radius 1 is 1.16 bits per heavy atom. The molecule has 0 saturated heterocycles. The molecule has 0 bridgehead atoms. The van der Waals surface area contributed by atoms with Crippen LogP contribution in [-0.2, 0) is 0 Å². The molecule has 4 rings (SSSR count). The zero-order valence-corrected chi connectivity index (χ0v) is 14.5. The first-order valence-corrected chi connectivity index (χ1v) is 8.01. The Kier molecular flexibility index (Phi) is 3.53. The van der Waals surface area contributed by atoms with E-state index in [2.05, 4.69) is 21.2 Å². The lowest BCUT2D eigenvalue weighted by Gasteiger charge is -2.10. The van der Waals surface area contributed by atoms with E-state index >= 15 is 0 Å². The zero-order valence-electron chi connectivity index (χ0n) is 14.5. The molecule has 4 aromatic heterocycles. The van der Waals surface area contributed by atoms with Gasteiger partial charge in [0.25, 0.3) is 0 Å². The lowest BCUT2D eigenvalue weighted by atomic mass is 10.0. The third-order valence-electron chi connectivity index (χ3n) is 4.26. The van der Waals surface area contributed by atoms with Crippen molar-refractivity contribution in [3.63, 3.8) is 0 Å². The smallest absolute Gasteiger partial charge is 0.222 e. The largest absolute Gasteiger partial charge is 0.481 e. The normalized spacial score (nSPS) is 11.2. The minimum atomic E-state index is 0.547. The van der Waals surface area contributed by atoms with Gasteiger partial charge in [-0.25, -0.2) is 9.97 Å². The van der Waals surface area contributed by atoms with Crippen molar-refractivity contribution in [2.45, 2.75) is 20.8 Å². The molecule has 6 heteroatoms. The van der Waals surface area contributed by atoms with Gasteiger partial charge in [-0.05, 0) is 45.0 Å². The summed E-state index contributed by atoms with van der Waals surface area (Å²) >= 11 is 0. The van der Waals surface area contributed by atoms with Crippen LogP contribution in [0.15, 0.2) is 35.0 Å². The van der Waals surface area contributed by atoms with E-state index < -0.39 is 0 Å². The van der Waals surface area contributed by atoms with Crippen LogP contribution < -0.4 is 4.74 Å². The van der Waals surface area contributed by atoms with Gasteiger partial charge >= 0.3 is 0 Å². The minimum Gasteiger partial charge on any atom is -0.481 e. The Morgan fingerprint density at radius 3 is 2.72 bits per heavy atom. The molecule has 0 amide bonds. The molecular weight excluding hydrogens is 316 g/mol. The number of hydrogen-bond acceptors (Lipinski definition) is 5. The Morgan fingerprint density at radius 2 is 2.00 bits per heavy atom. The first-order chi connectivity index (χ1) is 12.1. The molecule has 0 spiro atoms. The Hall–Kier alpha value is -3.15. The summed E-state index contributed by atoms with van der Waals surface area (Å²) in [5, 5.41) is 5.08. The van der Waals surface area contributed by atoms with Crippen LogP contribution in [0.4, 0.5) is 0 Å². The van der Waals surface area contributed by atoms with Crippen molar-refractivity contribution in [3.05, 3.63) is 47.6 Å². The number of H-pyrrole nitrogens is 1. The van der Waals surface area contributed by atoms with Gasteiger partial charge in [-0.15, -0.1) is 0 Å². The molecule has 0 radical (unpaired) electrons. The first kappa shape index (κ1) is 15.4. The number of aromatic amines is 1. The molecule has 0 saturated carbocycles. The standard InChI is InChI=1S/C19H18N4O2/c1-10-8-14-15(21-10)9-16(17-11(2)23-25-12(17)3)22-18(14)13-6-5-7-20-19(13)24-4/h5-9,21H,1-4H3. The second-order valence-electron chi connectivity index (χ2n) is 6.03. The number of ether oxygens (including phenoxy) is 1. The van der Waals surface area contributed by atoms with Crippen molar-refractivity contribution in [3.8, 4) is 28.4 Å². The van der Waals surface area contributed by atoms with Crippen molar-refractivity contribution >= 4 is 10.9 Å². The predicted molar refractivity (Wildman–Crippen MR) is 95.6 cm³/mol. The van der Waals surface area contributed by atoms with E-state index in [0.717, 1.165) is 50.6 Å². The van der Waals surface area contributed by atoms with Crippen LogP contribution in [0.2, 0.25) is 0 Å².